The predicted octanol–water partition coefficient (Wildman–Crippen LogP) is 3.33. The Kier molecular flexibility index (Phi) is 7.83. The van der Waals surface area contributed by atoms with Gasteiger partial charge in [0.2, 0.25) is 0 Å². The quantitative estimate of drug-likeness (QED) is 0.404. The molecule has 0 aliphatic carbocycles. The van der Waals surface area contributed by atoms with E-state index in [1.54, 1.807) is 6.07 Å². The van der Waals surface area contributed by atoms with Crippen LogP contribution in [0, 0.1) is 5.92 Å². The Labute approximate surface area is 182 Å². The number of carbonyl (C=O) groups excluding carboxylic acids is 1. The smallest absolute Gasteiger partial charge is 0.320 e. The molecule has 3 rings (SSSR count). The molecule has 1 aromatic carbocycles. The molecule has 0 spiro atoms. The maximum atomic E-state index is 12.7. The molecule has 0 bridgehead atoms. The number of nitrogen functional groups attached to an aromatic ring is 1. The van der Waals surface area contributed by atoms with E-state index in [0.717, 1.165) is 50.8 Å². The fourth-order valence-corrected chi connectivity index (χ4v) is 4.61. The molecule has 1 amide bonds. The number of piperidine rings is 1. The van der Waals surface area contributed by atoms with Crippen LogP contribution in [0.15, 0.2) is 6.07 Å². The molecule has 30 heavy (non-hydrogen) atoms. The summed E-state index contributed by atoms with van der Waals surface area (Å²) in [7, 11) is 0. The van der Waals surface area contributed by atoms with Crippen LogP contribution in [0.25, 0.3) is 0 Å². The fraction of sp³-hybridized carbons (Fsp3) is 0.636. The number of carboxylic acid groups (broad SMARTS) is 1. The van der Waals surface area contributed by atoms with E-state index < -0.39 is 12.0 Å². The number of aliphatic carboxylic acids is 1. The highest BCUT2D eigenvalue weighted by molar-refractivity contribution is 6.33. The van der Waals surface area contributed by atoms with Crippen LogP contribution in [0.3, 0.4) is 0 Å². The number of carboxylic acids is 1. The van der Waals surface area contributed by atoms with Gasteiger partial charge in [-0.25, -0.2) is 0 Å². The summed E-state index contributed by atoms with van der Waals surface area (Å²) in [6.07, 6.45) is 6.19. The first kappa shape index (κ1) is 22.7. The van der Waals surface area contributed by atoms with Gasteiger partial charge in [-0.2, -0.15) is 0 Å². The molecule has 1 unspecified atom stereocenters. The minimum Gasteiger partial charge on any atom is -0.492 e. The molecule has 0 aromatic heterocycles. The minimum absolute atomic E-state index is 0.208. The number of nitrogens with one attached hydrogen (secondary N) is 1. The predicted molar refractivity (Wildman–Crippen MR) is 117 cm³/mol. The van der Waals surface area contributed by atoms with Crippen molar-refractivity contribution < 1.29 is 19.4 Å². The Bertz CT molecular complexity index is 778. The number of carbonyl (C=O) groups is 2. The van der Waals surface area contributed by atoms with Crippen LogP contribution < -0.4 is 15.8 Å². The second-order valence-electron chi connectivity index (χ2n) is 8.26. The Morgan fingerprint density at radius 3 is 2.77 bits per heavy atom. The Morgan fingerprint density at radius 1 is 1.37 bits per heavy atom. The first-order valence-corrected chi connectivity index (χ1v) is 11.3. The number of nitrogens with two attached hydrogens (primary N) is 1. The third-order valence-electron chi connectivity index (χ3n) is 6.22. The van der Waals surface area contributed by atoms with Crippen LogP contribution in [-0.2, 0) is 11.2 Å². The number of hydrogen-bond acceptors (Lipinski definition) is 5. The standard InChI is InChI=1S/C22H32ClN3O4/c1-2-3-4-5-18(22(28)29)26-9-6-14(7-10-26)13-25-21(27)16-12-17(23)19(24)15-8-11-30-20(15)16/h12,14,18H,2-11,13,24H2,1H3,(H,25,27)(H,28,29). The summed E-state index contributed by atoms with van der Waals surface area (Å²) < 4.78 is 5.62. The lowest BCUT2D eigenvalue weighted by Crippen LogP contribution is -2.47. The average Bonchev–Trinajstić information content (AvgIpc) is 3.22. The van der Waals surface area contributed by atoms with Gasteiger partial charge in [-0.05, 0) is 44.3 Å². The molecular formula is C22H32ClN3O4. The molecule has 1 aromatic rings. The summed E-state index contributed by atoms with van der Waals surface area (Å²) in [4.78, 5) is 26.5. The van der Waals surface area contributed by atoms with E-state index in [0.29, 0.717) is 53.9 Å². The maximum Gasteiger partial charge on any atom is 0.320 e. The molecule has 2 aliphatic heterocycles. The zero-order chi connectivity index (χ0) is 21.7. The van der Waals surface area contributed by atoms with Crippen molar-refractivity contribution in [3.63, 3.8) is 0 Å². The lowest BCUT2D eigenvalue weighted by atomic mass is 9.94. The van der Waals surface area contributed by atoms with Crippen molar-refractivity contribution in [1.29, 1.82) is 0 Å². The normalized spacial score (nSPS) is 17.9. The molecule has 2 heterocycles. The van der Waals surface area contributed by atoms with Gasteiger partial charge in [0.15, 0.2) is 0 Å². The zero-order valence-electron chi connectivity index (χ0n) is 17.6. The van der Waals surface area contributed by atoms with E-state index >= 15 is 0 Å². The molecule has 0 radical (unpaired) electrons. The lowest BCUT2D eigenvalue weighted by Gasteiger charge is -2.35. The minimum atomic E-state index is -0.730. The first-order valence-electron chi connectivity index (χ1n) is 10.9. The van der Waals surface area contributed by atoms with Crippen LogP contribution in [0.5, 0.6) is 5.75 Å². The van der Waals surface area contributed by atoms with Crippen LogP contribution in [0.2, 0.25) is 5.02 Å². The Morgan fingerprint density at radius 2 is 2.10 bits per heavy atom. The van der Waals surface area contributed by atoms with E-state index in [2.05, 4.69) is 17.1 Å². The first-order chi connectivity index (χ1) is 14.4. The fourth-order valence-electron chi connectivity index (χ4n) is 4.39. The molecule has 1 saturated heterocycles. The van der Waals surface area contributed by atoms with Crippen molar-refractivity contribution in [3.8, 4) is 5.75 Å². The monoisotopic (exact) mass is 437 g/mol. The Hall–Kier alpha value is -1.99. The molecule has 166 valence electrons. The highest BCUT2D eigenvalue weighted by Gasteiger charge is 2.30. The van der Waals surface area contributed by atoms with Crippen LogP contribution in [-0.4, -0.2) is 54.2 Å². The summed E-state index contributed by atoms with van der Waals surface area (Å²) in [6.45, 7) is 4.67. The SMILES string of the molecule is CCCCCC(C(=O)O)N1CCC(CNC(=O)c2cc(Cl)c(N)c3c2OCC3)CC1. The number of rotatable bonds is 9. The number of nitrogens with zero attached hydrogens (tertiary/aromatic N) is 1. The Balaban J connectivity index is 1.51. The molecule has 1 atom stereocenters. The molecule has 0 saturated carbocycles. The van der Waals surface area contributed by atoms with Gasteiger partial charge in [-0.15, -0.1) is 0 Å². The summed E-state index contributed by atoms with van der Waals surface area (Å²) >= 11 is 6.19. The van der Waals surface area contributed by atoms with Gasteiger partial charge in [0, 0.05) is 18.5 Å². The van der Waals surface area contributed by atoms with Gasteiger partial charge < -0.3 is 20.9 Å². The van der Waals surface area contributed by atoms with E-state index in [1.807, 2.05) is 0 Å². The average molecular weight is 438 g/mol. The third kappa shape index (κ3) is 5.19. The molecule has 8 heteroatoms. The highest BCUT2D eigenvalue weighted by Crippen LogP contribution is 2.38. The number of fused-ring (bicyclic) bond motifs is 1. The number of amides is 1. The summed E-state index contributed by atoms with van der Waals surface area (Å²) in [6, 6.07) is 1.18. The number of unbranched alkanes of at least 4 members (excludes halogenated alkanes) is 2. The molecule has 2 aliphatic rings. The van der Waals surface area contributed by atoms with Gasteiger partial charge in [0.25, 0.3) is 5.91 Å². The summed E-state index contributed by atoms with van der Waals surface area (Å²) in [5, 5.41) is 13.0. The topological polar surface area (TPSA) is 105 Å². The van der Waals surface area contributed by atoms with Gasteiger partial charge in [-0.3, -0.25) is 14.5 Å². The summed E-state index contributed by atoms with van der Waals surface area (Å²) in [5.74, 6) is -0.0681. The van der Waals surface area contributed by atoms with Crippen molar-refractivity contribution in [2.24, 2.45) is 5.92 Å². The number of hydrogen-bond donors (Lipinski definition) is 3. The van der Waals surface area contributed by atoms with Crippen molar-refractivity contribution >= 4 is 29.2 Å². The second kappa shape index (κ2) is 10.4. The van der Waals surface area contributed by atoms with Gasteiger partial charge >= 0.3 is 5.97 Å². The number of likely N-dealkylation sites (tertiary alicyclic amines) is 1. The second-order valence-corrected chi connectivity index (χ2v) is 8.67. The number of anilines is 1. The van der Waals surface area contributed by atoms with E-state index in [4.69, 9.17) is 22.1 Å². The van der Waals surface area contributed by atoms with Crippen LogP contribution in [0.1, 0.15) is 61.4 Å². The van der Waals surface area contributed by atoms with Crippen molar-refractivity contribution in [3.05, 3.63) is 22.2 Å². The number of ether oxygens (including phenoxy) is 1. The van der Waals surface area contributed by atoms with Crippen molar-refractivity contribution in [2.75, 3.05) is 32.0 Å². The van der Waals surface area contributed by atoms with Gasteiger partial charge in [0.1, 0.15) is 11.8 Å². The number of halogens is 1. The van der Waals surface area contributed by atoms with Gasteiger partial charge in [-0.1, -0.05) is 37.8 Å². The molecule has 4 N–H and O–H groups in total. The lowest BCUT2D eigenvalue weighted by molar-refractivity contribution is -0.144. The molecule has 1 fully saturated rings. The van der Waals surface area contributed by atoms with E-state index in [1.165, 1.54) is 0 Å². The van der Waals surface area contributed by atoms with Crippen LogP contribution >= 0.6 is 11.6 Å². The van der Waals surface area contributed by atoms with E-state index in [-0.39, 0.29) is 5.91 Å². The largest absolute Gasteiger partial charge is 0.492 e. The van der Waals surface area contributed by atoms with E-state index in [9.17, 15) is 14.7 Å². The van der Waals surface area contributed by atoms with Gasteiger partial charge in [0.05, 0.1) is 22.9 Å². The van der Waals surface area contributed by atoms with Crippen molar-refractivity contribution in [1.82, 2.24) is 10.2 Å². The third-order valence-corrected chi connectivity index (χ3v) is 6.54. The molecule has 7 nitrogen and oxygen atoms in total. The van der Waals surface area contributed by atoms with Crippen molar-refractivity contribution in [2.45, 2.75) is 57.9 Å². The highest BCUT2D eigenvalue weighted by atomic mass is 35.5. The molecular weight excluding hydrogens is 406 g/mol. The van der Waals surface area contributed by atoms with Crippen LogP contribution in [0.4, 0.5) is 5.69 Å². The number of benzene rings is 1. The zero-order valence-corrected chi connectivity index (χ0v) is 18.3. The maximum absolute atomic E-state index is 12.7. The summed E-state index contributed by atoms with van der Waals surface area (Å²) in [5.41, 5.74) is 7.73.